The summed E-state index contributed by atoms with van der Waals surface area (Å²) < 4.78 is 0. The minimum absolute atomic E-state index is 0.164. The molecule has 0 aromatic rings. The van der Waals surface area contributed by atoms with Gasteiger partial charge in [-0.3, -0.25) is 9.69 Å². The summed E-state index contributed by atoms with van der Waals surface area (Å²) in [4.78, 5) is 14.0. The van der Waals surface area contributed by atoms with E-state index in [1.54, 1.807) is 0 Å². The van der Waals surface area contributed by atoms with Gasteiger partial charge in [0.25, 0.3) is 0 Å². The van der Waals surface area contributed by atoms with E-state index in [1.165, 1.54) is 32.1 Å². The fourth-order valence-electron chi connectivity index (χ4n) is 2.61. The van der Waals surface area contributed by atoms with Gasteiger partial charge >= 0.3 is 0 Å². The van der Waals surface area contributed by atoms with E-state index in [0.29, 0.717) is 6.54 Å². The number of hydrogen-bond donors (Lipinski definition) is 1. The van der Waals surface area contributed by atoms with Crippen molar-refractivity contribution in [3.05, 3.63) is 0 Å². The van der Waals surface area contributed by atoms with Crippen LogP contribution in [-0.2, 0) is 4.79 Å². The Morgan fingerprint density at radius 1 is 1.29 bits per heavy atom. The number of nitrogens with zero attached hydrogens (tertiary/aromatic N) is 1. The van der Waals surface area contributed by atoms with Gasteiger partial charge in [-0.1, -0.05) is 26.2 Å². The third-order valence-corrected chi connectivity index (χ3v) is 3.51. The SMILES string of the molecule is CCN(CC(=O)NC(C)C)CC1CCCCC1. The molecule has 0 aromatic heterocycles. The number of likely N-dealkylation sites (N-methyl/N-ethyl adjacent to an activating group) is 1. The van der Waals surface area contributed by atoms with Gasteiger partial charge in [0.2, 0.25) is 5.91 Å². The molecule has 0 unspecified atom stereocenters. The Bertz CT molecular complexity index is 222. The topological polar surface area (TPSA) is 32.3 Å². The molecular formula is C14H28N2O. The van der Waals surface area contributed by atoms with Crippen LogP contribution in [-0.4, -0.2) is 36.5 Å². The Morgan fingerprint density at radius 2 is 1.94 bits per heavy atom. The second-order valence-electron chi connectivity index (χ2n) is 5.55. The molecule has 0 radical (unpaired) electrons. The Labute approximate surface area is 106 Å². The summed E-state index contributed by atoms with van der Waals surface area (Å²) in [6.07, 6.45) is 6.85. The molecule has 0 saturated heterocycles. The molecular weight excluding hydrogens is 212 g/mol. The van der Waals surface area contributed by atoms with Crippen molar-refractivity contribution in [1.82, 2.24) is 10.2 Å². The van der Waals surface area contributed by atoms with E-state index >= 15 is 0 Å². The highest BCUT2D eigenvalue weighted by Gasteiger charge is 2.18. The van der Waals surface area contributed by atoms with Crippen LogP contribution < -0.4 is 5.32 Å². The minimum Gasteiger partial charge on any atom is -0.353 e. The fraction of sp³-hybridized carbons (Fsp3) is 0.929. The van der Waals surface area contributed by atoms with E-state index in [-0.39, 0.29) is 11.9 Å². The molecule has 1 aliphatic rings. The lowest BCUT2D eigenvalue weighted by Crippen LogP contribution is -2.41. The highest BCUT2D eigenvalue weighted by molar-refractivity contribution is 5.78. The molecule has 3 nitrogen and oxygen atoms in total. The first kappa shape index (κ1) is 14.5. The zero-order chi connectivity index (χ0) is 12.7. The van der Waals surface area contributed by atoms with Crippen LogP contribution in [0, 0.1) is 5.92 Å². The smallest absolute Gasteiger partial charge is 0.234 e. The molecule has 100 valence electrons. The van der Waals surface area contributed by atoms with Gasteiger partial charge < -0.3 is 5.32 Å². The van der Waals surface area contributed by atoms with Crippen LogP contribution in [0.3, 0.4) is 0 Å². The van der Waals surface area contributed by atoms with Gasteiger partial charge in [-0.05, 0) is 39.2 Å². The number of carbonyl (C=O) groups is 1. The van der Waals surface area contributed by atoms with Crippen LogP contribution >= 0.6 is 0 Å². The maximum Gasteiger partial charge on any atom is 0.234 e. The van der Waals surface area contributed by atoms with E-state index in [0.717, 1.165) is 19.0 Å². The van der Waals surface area contributed by atoms with Gasteiger partial charge in [0, 0.05) is 12.6 Å². The molecule has 1 amide bonds. The van der Waals surface area contributed by atoms with E-state index in [1.807, 2.05) is 13.8 Å². The predicted octanol–water partition coefficient (Wildman–Crippen LogP) is 2.41. The van der Waals surface area contributed by atoms with Crippen LogP contribution in [0.25, 0.3) is 0 Å². The maximum atomic E-state index is 11.7. The number of nitrogens with one attached hydrogen (secondary N) is 1. The lowest BCUT2D eigenvalue weighted by Gasteiger charge is -2.28. The first-order chi connectivity index (χ1) is 8.11. The summed E-state index contributed by atoms with van der Waals surface area (Å²) in [5, 5.41) is 2.96. The Kier molecular flexibility index (Phi) is 6.56. The van der Waals surface area contributed by atoms with Gasteiger partial charge in [0.1, 0.15) is 0 Å². The van der Waals surface area contributed by atoms with Gasteiger partial charge in [-0.15, -0.1) is 0 Å². The largest absolute Gasteiger partial charge is 0.353 e. The lowest BCUT2D eigenvalue weighted by atomic mass is 9.89. The summed E-state index contributed by atoms with van der Waals surface area (Å²) in [7, 11) is 0. The van der Waals surface area contributed by atoms with Crippen molar-refractivity contribution < 1.29 is 4.79 Å². The molecule has 0 aromatic carbocycles. The maximum absolute atomic E-state index is 11.7. The van der Waals surface area contributed by atoms with Gasteiger partial charge in [-0.2, -0.15) is 0 Å². The van der Waals surface area contributed by atoms with Crippen LogP contribution in [0.5, 0.6) is 0 Å². The molecule has 1 rings (SSSR count). The van der Waals surface area contributed by atoms with E-state index in [2.05, 4.69) is 17.1 Å². The fourth-order valence-corrected chi connectivity index (χ4v) is 2.61. The third kappa shape index (κ3) is 6.06. The average Bonchev–Trinajstić information content (AvgIpc) is 2.28. The van der Waals surface area contributed by atoms with Crippen molar-refractivity contribution in [3.8, 4) is 0 Å². The monoisotopic (exact) mass is 240 g/mol. The zero-order valence-electron chi connectivity index (χ0n) is 11.7. The van der Waals surface area contributed by atoms with Gasteiger partial charge in [0.15, 0.2) is 0 Å². The van der Waals surface area contributed by atoms with E-state index < -0.39 is 0 Å². The quantitative estimate of drug-likeness (QED) is 0.773. The van der Waals surface area contributed by atoms with Crippen LogP contribution in [0.2, 0.25) is 0 Å². The van der Waals surface area contributed by atoms with Crippen molar-refractivity contribution in [2.24, 2.45) is 5.92 Å². The molecule has 1 saturated carbocycles. The predicted molar refractivity (Wildman–Crippen MR) is 72.0 cm³/mol. The van der Waals surface area contributed by atoms with Crippen LogP contribution in [0.1, 0.15) is 52.9 Å². The third-order valence-electron chi connectivity index (χ3n) is 3.51. The van der Waals surface area contributed by atoms with Crippen molar-refractivity contribution in [2.75, 3.05) is 19.6 Å². The molecule has 0 aliphatic heterocycles. The highest BCUT2D eigenvalue weighted by atomic mass is 16.2. The minimum atomic E-state index is 0.164. The molecule has 3 heteroatoms. The van der Waals surface area contributed by atoms with Crippen LogP contribution in [0.4, 0.5) is 0 Å². The Hall–Kier alpha value is -0.570. The second kappa shape index (κ2) is 7.70. The molecule has 0 heterocycles. The Morgan fingerprint density at radius 3 is 2.47 bits per heavy atom. The van der Waals surface area contributed by atoms with E-state index in [4.69, 9.17) is 0 Å². The average molecular weight is 240 g/mol. The van der Waals surface area contributed by atoms with Gasteiger partial charge in [-0.25, -0.2) is 0 Å². The molecule has 0 atom stereocenters. The molecule has 0 spiro atoms. The summed E-state index contributed by atoms with van der Waals surface area (Å²) in [5.74, 6) is 0.980. The van der Waals surface area contributed by atoms with Crippen molar-refractivity contribution in [3.63, 3.8) is 0 Å². The number of amides is 1. The first-order valence-corrected chi connectivity index (χ1v) is 7.13. The zero-order valence-corrected chi connectivity index (χ0v) is 11.7. The summed E-state index contributed by atoms with van der Waals surface area (Å²) >= 11 is 0. The molecule has 1 N–H and O–H groups in total. The normalized spacial score (nSPS) is 17.7. The number of rotatable bonds is 6. The Balaban J connectivity index is 2.29. The lowest BCUT2D eigenvalue weighted by molar-refractivity contribution is -0.122. The number of carbonyl (C=O) groups excluding carboxylic acids is 1. The number of hydrogen-bond acceptors (Lipinski definition) is 2. The standard InChI is InChI=1S/C14H28N2O/c1-4-16(11-14(17)15-12(2)3)10-13-8-6-5-7-9-13/h12-13H,4-11H2,1-3H3,(H,15,17). The van der Waals surface area contributed by atoms with E-state index in [9.17, 15) is 4.79 Å². The molecule has 1 fully saturated rings. The molecule has 17 heavy (non-hydrogen) atoms. The van der Waals surface area contributed by atoms with Crippen LogP contribution in [0.15, 0.2) is 0 Å². The van der Waals surface area contributed by atoms with Crippen molar-refractivity contribution in [2.45, 2.75) is 58.9 Å². The second-order valence-corrected chi connectivity index (χ2v) is 5.55. The van der Waals surface area contributed by atoms with Crippen molar-refractivity contribution in [1.29, 1.82) is 0 Å². The molecule has 0 bridgehead atoms. The molecule has 1 aliphatic carbocycles. The van der Waals surface area contributed by atoms with Crippen molar-refractivity contribution >= 4 is 5.91 Å². The first-order valence-electron chi connectivity index (χ1n) is 7.13. The summed E-state index contributed by atoms with van der Waals surface area (Å²) in [5.41, 5.74) is 0. The van der Waals surface area contributed by atoms with Gasteiger partial charge in [0.05, 0.1) is 6.54 Å². The highest BCUT2D eigenvalue weighted by Crippen LogP contribution is 2.24. The summed E-state index contributed by atoms with van der Waals surface area (Å²) in [6, 6.07) is 0.246. The summed E-state index contributed by atoms with van der Waals surface area (Å²) in [6.45, 7) is 8.80.